The summed E-state index contributed by atoms with van der Waals surface area (Å²) in [5, 5.41) is 14.8. The number of esters is 1. The van der Waals surface area contributed by atoms with E-state index in [4.69, 9.17) is 9.84 Å². The van der Waals surface area contributed by atoms with Crippen LogP contribution in [0, 0.1) is 0 Å². The maximum absolute atomic E-state index is 12.7. The van der Waals surface area contributed by atoms with Crippen LogP contribution in [0.25, 0.3) is 11.1 Å². The summed E-state index contributed by atoms with van der Waals surface area (Å²) in [6.45, 7) is 10.6. The van der Waals surface area contributed by atoms with Crippen LogP contribution in [-0.2, 0) is 30.7 Å². The zero-order chi connectivity index (χ0) is 24.0. The molecule has 3 aromatic rings. The Morgan fingerprint density at radius 3 is 2.36 bits per heavy atom. The molecule has 1 heterocycles. The van der Waals surface area contributed by atoms with E-state index in [1.54, 1.807) is 0 Å². The van der Waals surface area contributed by atoms with Gasteiger partial charge in [-0.25, -0.2) is 4.79 Å². The van der Waals surface area contributed by atoms with Gasteiger partial charge in [0.2, 0.25) is 0 Å². The number of benzene rings is 2. The molecule has 176 valence electrons. The van der Waals surface area contributed by atoms with E-state index >= 15 is 0 Å². The highest BCUT2D eigenvalue weighted by atomic mass is 16.6. The summed E-state index contributed by atoms with van der Waals surface area (Å²) in [7, 11) is 0. The Morgan fingerprint density at radius 2 is 1.76 bits per heavy atom. The van der Waals surface area contributed by atoms with Gasteiger partial charge in [0.05, 0.1) is 23.6 Å². The van der Waals surface area contributed by atoms with E-state index in [0.29, 0.717) is 5.56 Å². The van der Waals surface area contributed by atoms with Crippen molar-refractivity contribution >= 4 is 5.97 Å². The molecule has 0 aliphatic rings. The van der Waals surface area contributed by atoms with Gasteiger partial charge in [-0.2, -0.15) is 5.10 Å². The number of rotatable bonds is 9. The number of carbonyl (C=O) groups excluding carboxylic acids is 1. The maximum Gasteiger partial charge on any atom is 0.339 e. The first-order valence-electron chi connectivity index (χ1n) is 11.9. The number of hydrogen-bond acceptors (Lipinski definition) is 4. The topological polar surface area (TPSA) is 64.3 Å². The summed E-state index contributed by atoms with van der Waals surface area (Å²) in [5.74, 6) is -0.317. The fourth-order valence-electron chi connectivity index (χ4n) is 4.03. The number of aromatic nitrogens is 2. The molecule has 5 nitrogen and oxygen atoms in total. The average Bonchev–Trinajstić information content (AvgIpc) is 3.13. The molecule has 0 atom stereocenters. The molecule has 1 aromatic heterocycles. The standard InChI is InChI=1S/C28H36N2O3/c1-6-8-13-25-24(26(19-31)30(7-2)29-25)18-20-14-16-21(17-15-20)22-11-9-10-12-23(22)27(32)33-28(3,4)5/h9-12,14-17,31H,6-8,13,18-19H2,1-5H3. The Morgan fingerprint density at radius 1 is 1.06 bits per heavy atom. The molecule has 5 heteroatoms. The largest absolute Gasteiger partial charge is 0.456 e. The average molecular weight is 449 g/mol. The lowest BCUT2D eigenvalue weighted by Gasteiger charge is -2.20. The van der Waals surface area contributed by atoms with Crippen LogP contribution in [-0.4, -0.2) is 26.5 Å². The summed E-state index contributed by atoms with van der Waals surface area (Å²) in [4.78, 5) is 12.7. The van der Waals surface area contributed by atoms with E-state index in [1.807, 2.05) is 61.9 Å². The van der Waals surface area contributed by atoms with Gasteiger partial charge < -0.3 is 9.84 Å². The lowest BCUT2D eigenvalue weighted by molar-refractivity contribution is 0.00704. The van der Waals surface area contributed by atoms with Gasteiger partial charge in [-0.3, -0.25) is 4.68 Å². The zero-order valence-electron chi connectivity index (χ0n) is 20.5. The first kappa shape index (κ1) is 24.7. The maximum atomic E-state index is 12.7. The second-order valence-corrected chi connectivity index (χ2v) is 9.37. The number of unbranched alkanes of at least 4 members (excludes halogenated alkanes) is 1. The van der Waals surface area contributed by atoms with Crippen molar-refractivity contribution in [3.05, 3.63) is 76.6 Å². The highest BCUT2D eigenvalue weighted by Crippen LogP contribution is 2.27. The van der Waals surface area contributed by atoms with Crippen LogP contribution in [0.2, 0.25) is 0 Å². The Hall–Kier alpha value is -2.92. The monoisotopic (exact) mass is 448 g/mol. The Labute approximate surface area is 197 Å². The van der Waals surface area contributed by atoms with Gasteiger partial charge in [-0.15, -0.1) is 0 Å². The molecule has 0 aliphatic heterocycles. The van der Waals surface area contributed by atoms with Crippen LogP contribution in [0.15, 0.2) is 48.5 Å². The van der Waals surface area contributed by atoms with Crippen molar-refractivity contribution in [1.29, 1.82) is 0 Å². The summed E-state index contributed by atoms with van der Waals surface area (Å²) < 4.78 is 7.52. The predicted octanol–water partition coefficient (Wildman–Crippen LogP) is 5.95. The molecule has 0 radical (unpaired) electrons. The summed E-state index contributed by atoms with van der Waals surface area (Å²) in [6, 6.07) is 15.8. The summed E-state index contributed by atoms with van der Waals surface area (Å²) in [6.07, 6.45) is 3.84. The van der Waals surface area contributed by atoms with Crippen molar-refractivity contribution < 1.29 is 14.6 Å². The smallest absolute Gasteiger partial charge is 0.339 e. The highest BCUT2D eigenvalue weighted by molar-refractivity contribution is 5.97. The van der Waals surface area contributed by atoms with Crippen molar-refractivity contribution in [2.45, 2.75) is 79.1 Å². The molecule has 2 aromatic carbocycles. The number of aliphatic hydroxyl groups excluding tert-OH is 1. The predicted molar refractivity (Wildman–Crippen MR) is 132 cm³/mol. The number of ether oxygens (including phenoxy) is 1. The van der Waals surface area contributed by atoms with E-state index < -0.39 is 5.60 Å². The van der Waals surface area contributed by atoms with Gasteiger partial charge in [0.1, 0.15) is 5.60 Å². The fraction of sp³-hybridized carbons (Fsp3) is 0.429. The van der Waals surface area contributed by atoms with E-state index in [1.165, 1.54) is 0 Å². The van der Waals surface area contributed by atoms with Crippen molar-refractivity contribution in [1.82, 2.24) is 9.78 Å². The Balaban J connectivity index is 1.89. The van der Waals surface area contributed by atoms with Gasteiger partial charge >= 0.3 is 5.97 Å². The van der Waals surface area contributed by atoms with Gasteiger partial charge in [-0.1, -0.05) is 55.8 Å². The van der Waals surface area contributed by atoms with Crippen LogP contribution in [0.3, 0.4) is 0 Å². The lowest BCUT2D eigenvalue weighted by atomic mass is 9.96. The third-order valence-corrected chi connectivity index (χ3v) is 5.66. The molecule has 0 aliphatic carbocycles. The van der Waals surface area contributed by atoms with Crippen LogP contribution >= 0.6 is 0 Å². The van der Waals surface area contributed by atoms with Gasteiger partial charge in [0.15, 0.2) is 0 Å². The fourth-order valence-corrected chi connectivity index (χ4v) is 4.03. The molecule has 0 saturated carbocycles. The normalized spacial score (nSPS) is 11.6. The molecule has 1 N–H and O–H groups in total. The lowest BCUT2D eigenvalue weighted by Crippen LogP contribution is -2.24. The van der Waals surface area contributed by atoms with Crippen molar-refractivity contribution in [3.63, 3.8) is 0 Å². The van der Waals surface area contributed by atoms with Crippen molar-refractivity contribution in [3.8, 4) is 11.1 Å². The van der Waals surface area contributed by atoms with Crippen molar-refractivity contribution in [2.24, 2.45) is 0 Å². The summed E-state index contributed by atoms with van der Waals surface area (Å²) >= 11 is 0. The molecule has 0 amide bonds. The molecule has 0 bridgehead atoms. The second kappa shape index (κ2) is 10.8. The van der Waals surface area contributed by atoms with Gasteiger partial charge in [0.25, 0.3) is 0 Å². The Kier molecular flexibility index (Phi) is 8.09. The minimum Gasteiger partial charge on any atom is -0.456 e. The molecular formula is C28H36N2O3. The third-order valence-electron chi connectivity index (χ3n) is 5.66. The molecule has 0 spiro atoms. The van der Waals surface area contributed by atoms with Crippen LogP contribution in [0.5, 0.6) is 0 Å². The number of carbonyl (C=O) groups is 1. The van der Waals surface area contributed by atoms with E-state index in [9.17, 15) is 9.90 Å². The molecule has 3 rings (SSSR count). The molecule has 0 fully saturated rings. The van der Waals surface area contributed by atoms with Gasteiger partial charge in [0, 0.05) is 18.5 Å². The highest BCUT2D eigenvalue weighted by Gasteiger charge is 2.21. The summed E-state index contributed by atoms with van der Waals surface area (Å²) in [5.41, 5.74) is 6.12. The van der Waals surface area contributed by atoms with E-state index in [2.05, 4.69) is 26.0 Å². The zero-order valence-corrected chi connectivity index (χ0v) is 20.5. The number of aryl methyl sites for hydroxylation is 2. The molecular weight excluding hydrogens is 412 g/mol. The quantitative estimate of drug-likeness (QED) is 0.411. The molecule has 33 heavy (non-hydrogen) atoms. The van der Waals surface area contributed by atoms with E-state index in [-0.39, 0.29) is 12.6 Å². The first-order valence-corrected chi connectivity index (χ1v) is 11.9. The van der Waals surface area contributed by atoms with Crippen molar-refractivity contribution in [2.75, 3.05) is 0 Å². The number of hydrogen-bond donors (Lipinski definition) is 1. The Bertz CT molecular complexity index is 1080. The third kappa shape index (κ3) is 6.11. The number of nitrogens with zero attached hydrogens (tertiary/aromatic N) is 2. The van der Waals surface area contributed by atoms with Crippen LogP contribution in [0.1, 0.15) is 80.3 Å². The number of aliphatic hydroxyl groups is 1. The minimum atomic E-state index is -0.545. The second-order valence-electron chi connectivity index (χ2n) is 9.37. The first-order chi connectivity index (χ1) is 15.8. The minimum absolute atomic E-state index is 0.0103. The molecule has 0 unspecified atom stereocenters. The van der Waals surface area contributed by atoms with Crippen LogP contribution in [0.4, 0.5) is 0 Å². The molecule has 0 saturated heterocycles. The van der Waals surface area contributed by atoms with Gasteiger partial charge in [-0.05, 0) is 63.3 Å². The van der Waals surface area contributed by atoms with Crippen LogP contribution < -0.4 is 0 Å². The SMILES string of the molecule is CCCCc1nn(CC)c(CO)c1Cc1ccc(-c2ccccc2C(=O)OC(C)(C)C)cc1. The van der Waals surface area contributed by atoms with E-state index in [0.717, 1.165) is 65.9 Å².